The lowest BCUT2D eigenvalue weighted by atomic mass is 10.0. The number of likely N-dealkylation sites (N-methyl/N-ethyl adjacent to an activating group) is 1. The van der Waals surface area contributed by atoms with Crippen LogP contribution >= 0.6 is 11.6 Å². The quantitative estimate of drug-likeness (QED) is 0.740. The lowest BCUT2D eigenvalue weighted by molar-refractivity contribution is -0.137. The van der Waals surface area contributed by atoms with Gasteiger partial charge in [-0.3, -0.25) is 9.59 Å². The van der Waals surface area contributed by atoms with Gasteiger partial charge in [-0.25, -0.2) is 8.42 Å². The first kappa shape index (κ1) is 21.7. The molecule has 1 aliphatic rings. The summed E-state index contributed by atoms with van der Waals surface area (Å²) in [4.78, 5) is 26.3. The Morgan fingerprint density at radius 1 is 1.33 bits per heavy atom. The summed E-state index contributed by atoms with van der Waals surface area (Å²) in [7, 11) is -1.96. The maximum atomic E-state index is 12.8. The highest BCUT2D eigenvalue weighted by molar-refractivity contribution is 7.89. The van der Waals surface area contributed by atoms with Crippen LogP contribution < -0.4 is 5.32 Å². The number of amides is 2. The van der Waals surface area contributed by atoms with Gasteiger partial charge in [0.15, 0.2) is 0 Å². The first-order chi connectivity index (χ1) is 12.7. The number of halogens is 1. The van der Waals surface area contributed by atoms with Crippen molar-refractivity contribution in [1.82, 2.24) is 9.21 Å². The normalized spacial score (nSPS) is 18.1. The van der Waals surface area contributed by atoms with E-state index in [-0.39, 0.29) is 24.1 Å². The second-order valence-corrected chi connectivity index (χ2v) is 9.17. The van der Waals surface area contributed by atoms with E-state index >= 15 is 0 Å². The van der Waals surface area contributed by atoms with Crippen molar-refractivity contribution in [1.29, 1.82) is 0 Å². The topological polar surface area (TPSA) is 86.8 Å². The Morgan fingerprint density at radius 2 is 2.07 bits per heavy atom. The molecular weight excluding hydrogens is 390 g/mol. The molecule has 1 saturated heterocycles. The Labute approximate surface area is 165 Å². The van der Waals surface area contributed by atoms with Crippen molar-refractivity contribution in [2.45, 2.75) is 38.6 Å². The lowest BCUT2D eigenvalue weighted by Gasteiger charge is -2.35. The summed E-state index contributed by atoms with van der Waals surface area (Å²) < 4.78 is 26.3. The van der Waals surface area contributed by atoms with Gasteiger partial charge in [0.25, 0.3) is 0 Å². The standard InChI is InChI=1S/C18H26ClN3O4S/c1-3-11-27(25,26)22-10-5-4-9-16(22)18(24)21(2)13-17(23)20-15-8-6-7-14(19)12-15/h6-8,12,16H,3-5,9-11,13H2,1-2H3,(H,20,23). The van der Waals surface area contributed by atoms with E-state index in [1.165, 1.54) is 16.3 Å². The molecule has 1 aromatic carbocycles. The number of piperidine rings is 1. The van der Waals surface area contributed by atoms with Gasteiger partial charge in [0.05, 0.1) is 12.3 Å². The van der Waals surface area contributed by atoms with Gasteiger partial charge in [-0.15, -0.1) is 0 Å². The van der Waals surface area contributed by atoms with Crippen LogP contribution in [-0.2, 0) is 19.6 Å². The van der Waals surface area contributed by atoms with E-state index in [4.69, 9.17) is 11.6 Å². The molecule has 0 spiro atoms. The zero-order valence-electron chi connectivity index (χ0n) is 15.7. The maximum absolute atomic E-state index is 12.8. The largest absolute Gasteiger partial charge is 0.335 e. The van der Waals surface area contributed by atoms with Gasteiger partial charge in [-0.1, -0.05) is 31.0 Å². The molecule has 150 valence electrons. The third-order valence-electron chi connectivity index (χ3n) is 4.42. The molecule has 0 saturated carbocycles. The zero-order valence-corrected chi connectivity index (χ0v) is 17.2. The summed E-state index contributed by atoms with van der Waals surface area (Å²) in [5.41, 5.74) is 0.540. The monoisotopic (exact) mass is 415 g/mol. The van der Waals surface area contributed by atoms with E-state index in [1.54, 1.807) is 31.2 Å². The molecule has 1 heterocycles. The molecule has 7 nitrogen and oxygen atoms in total. The van der Waals surface area contributed by atoms with Gasteiger partial charge in [0.2, 0.25) is 21.8 Å². The van der Waals surface area contributed by atoms with E-state index in [9.17, 15) is 18.0 Å². The smallest absolute Gasteiger partial charge is 0.243 e. The van der Waals surface area contributed by atoms with E-state index in [2.05, 4.69) is 5.32 Å². The van der Waals surface area contributed by atoms with Crippen molar-refractivity contribution in [3.05, 3.63) is 29.3 Å². The van der Waals surface area contributed by atoms with Crippen LogP contribution in [0.4, 0.5) is 5.69 Å². The van der Waals surface area contributed by atoms with Crippen molar-refractivity contribution >= 4 is 39.1 Å². The highest BCUT2D eigenvalue weighted by Gasteiger charge is 2.37. The summed E-state index contributed by atoms with van der Waals surface area (Å²) in [5, 5.41) is 3.18. The second kappa shape index (κ2) is 9.52. The third-order valence-corrected chi connectivity index (χ3v) is 6.73. The second-order valence-electron chi connectivity index (χ2n) is 6.69. The number of nitrogens with zero attached hydrogens (tertiary/aromatic N) is 2. The Bertz CT molecular complexity index is 785. The number of hydrogen-bond donors (Lipinski definition) is 1. The third kappa shape index (κ3) is 5.92. The van der Waals surface area contributed by atoms with Crippen molar-refractivity contribution in [3.63, 3.8) is 0 Å². The van der Waals surface area contributed by atoms with Crippen LogP contribution in [-0.4, -0.2) is 61.4 Å². The Balaban J connectivity index is 2.02. The number of benzene rings is 1. The van der Waals surface area contributed by atoms with Gasteiger partial charge in [0, 0.05) is 24.3 Å². The highest BCUT2D eigenvalue weighted by atomic mass is 35.5. The van der Waals surface area contributed by atoms with Crippen LogP contribution in [0.5, 0.6) is 0 Å². The maximum Gasteiger partial charge on any atom is 0.243 e. The van der Waals surface area contributed by atoms with Gasteiger partial charge < -0.3 is 10.2 Å². The molecule has 1 N–H and O–H groups in total. The van der Waals surface area contributed by atoms with Crippen molar-refractivity contribution < 1.29 is 18.0 Å². The molecule has 0 aromatic heterocycles. The van der Waals surface area contributed by atoms with E-state index in [0.29, 0.717) is 30.1 Å². The first-order valence-corrected chi connectivity index (χ1v) is 11.0. The molecule has 1 unspecified atom stereocenters. The van der Waals surface area contributed by atoms with Crippen LogP contribution in [0.2, 0.25) is 5.02 Å². The Hall–Kier alpha value is -1.64. The van der Waals surface area contributed by atoms with E-state index in [0.717, 1.165) is 12.8 Å². The average Bonchev–Trinajstić information content (AvgIpc) is 2.61. The molecule has 1 aromatic rings. The molecule has 0 aliphatic carbocycles. The number of sulfonamides is 1. The fraction of sp³-hybridized carbons (Fsp3) is 0.556. The lowest BCUT2D eigenvalue weighted by Crippen LogP contribution is -2.53. The van der Waals surface area contributed by atoms with E-state index in [1.807, 2.05) is 0 Å². The van der Waals surface area contributed by atoms with Gasteiger partial charge >= 0.3 is 0 Å². The van der Waals surface area contributed by atoms with Crippen LogP contribution in [0.1, 0.15) is 32.6 Å². The number of hydrogen-bond acceptors (Lipinski definition) is 4. The molecule has 27 heavy (non-hydrogen) atoms. The molecule has 1 atom stereocenters. The summed E-state index contributed by atoms with van der Waals surface area (Å²) >= 11 is 5.89. The summed E-state index contributed by atoms with van der Waals surface area (Å²) in [6.07, 6.45) is 2.50. The minimum absolute atomic E-state index is 0.0236. The van der Waals surface area contributed by atoms with Crippen LogP contribution in [0, 0.1) is 0 Å². The number of nitrogens with one attached hydrogen (secondary N) is 1. The fourth-order valence-corrected chi connectivity index (χ4v) is 5.11. The predicted octanol–water partition coefficient (Wildman–Crippen LogP) is 2.33. The van der Waals surface area contributed by atoms with Crippen LogP contribution in [0.15, 0.2) is 24.3 Å². The number of carbonyl (C=O) groups excluding carboxylic acids is 2. The molecule has 9 heteroatoms. The van der Waals surface area contributed by atoms with E-state index < -0.39 is 16.1 Å². The van der Waals surface area contributed by atoms with Crippen LogP contribution in [0.3, 0.4) is 0 Å². The number of carbonyl (C=O) groups is 2. The fourth-order valence-electron chi connectivity index (χ4n) is 3.17. The molecule has 0 bridgehead atoms. The predicted molar refractivity (Wildman–Crippen MR) is 106 cm³/mol. The van der Waals surface area contributed by atoms with Crippen molar-refractivity contribution in [2.75, 3.05) is 31.2 Å². The SMILES string of the molecule is CCCS(=O)(=O)N1CCCCC1C(=O)N(C)CC(=O)Nc1cccc(Cl)c1. The van der Waals surface area contributed by atoms with Crippen molar-refractivity contribution in [2.24, 2.45) is 0 Å². The number of anilines is 1. The highest BCUT2D eigenvalue weighted by Crippen LogP contribution is 2.23. The molecule has 1 aliphatic heterocycles. The molecule has 0 radical (unpaired) electrons. The van der Waals surface area contributed by atoms with Crippen molar-refractivity contribution in [3.8, 4) is 0 Å². The van der Waals surface area contributed by atoms with Gasteiger partial charge in [0.1, 0.15) is 6.04 Å². The Morgan fingerprint density at radius 3 is 2.74 bits per heavy atom. The summed E-state index contributed by atoms with van der Waals surface area (Å²) in [6.45, 7) is 1.98. The molecule has 2 amide bonds. The van der Waals surface area contributed by atoms with Gasteiger partial charge in [-0.2, -0.15) is 4.31 Å². The minimum atomic E-state index is -3.47. The first-order valence-electron chi connectivity index (χ1n) is 9.04. The number of rotatable bonds is 7. The molecule has 1 fully saturated rings. The molecule has 2 rings (SSSR count). The van der Waals surface area contributed by atoms with Gasteiger partial charge in [-0.05, 0) is 37.5 Å². The summed E-state index contributed by atoms with van der Waals surface area (Å²) in [6, 6.07) is 5.99. The average molecular weight is 416 g/mol. The minimum Gasteiger partial charge on any atom is -0.335 e. The Kier molecular flexibility index (Phi) is 7.64. The zero-order chi connectivity index (χ0) is 20.0. The molecular formula is C18H26ClN3O4S. The van der Waals surface area contributed by atoms with Crippen LogP contribution in [0.25, 0.3) is 0 Å². The summed E-state index contributed by atoms with van der Waals surface area (Å²) in [5.74, 6) is -0.696.